The summed E-state index contributed by atoms with van der Waals surface area (Å²) < 4.78 is 1.79. The monoisotopic (exact) mass is 208 g/mol. The number of aliphatic hydroxyl groups excluding tert-OH is 1. The number of rotatable bonds is 3. The first kappa shape index (κ1) is 10.7. The number of aryl methyl sites for hydroxylation is 1. The molecule has 84 valence electrons. The molecule has 1 aromatic rings. The summed E-state index contributed by atoms with van der Waals surface area (Å²) in [6, 6.07) is 1.93. The molecule has 1 aliphatic carbocycles. The molecule has 1 fully saturated rings. The molecular weight excluding hydrogens is 188 g/mol. The van der Waals surface area contributed by atoms with E-state index < -0.39 is 0 Å². The first-order chi connectivity index (χ1) is 7.19. The van der Waals surface area contributed by atoms with Gasteiger partial charge in [0.15, 0.2) is 0 Å². The Morgan fingerprint density at radius 1 is 1.53 bits per heavy atom. The summed E-state index contributed by atoms with van der Waals surface area (Å²) in [7, 11) is 1.90. The molecule has 1 aliphatic rings. The number of aliphatic hydroxyl groups is 1. The summed E-state index contributed by atoms with van der Waals surface area (Å²) in [5, 5.41) is 14.6. The van der Waals surface area contributed by atoms with Crippen LogP contribution in [0.4, 0.5) is 0 Å². The summed E-state index contributed by atoms with van der Waals surface area (Å²) in [4.78, 5) is 0. The summed E-state index contributed by atoms with van der Waals surface area (Å²) in [5.74, 6) is 0. The van der Waals surface area contributed by atoms with Crippen LogP contribution >= 0.6 is 0 Å². The Kier molecular flexibility index (Phi) is 2.83. The van der Waals surface area contributed by atoms with E-state index in [-0.39, 0.29) is 11.5 Å². The maximum Gasteiger partial charge on any atom is 0.101 e. The van der Waals surface area contributed by atoms with Crippen molar-refractivity contribution in [3.63, 3.8) is 0 Å². The summed E-state index contributed by atoms with van der Waals surface area (Å²) in [6.45, 7) is 2.19. The van der Waals surface area contributed by atoms with Crippen LogP contribution in [-0.4, -0.2) is 14.9 Å². The zero-order chi connectivity index (χ0) is 10.9. The highest BCUT2D eigenvalue weighted by atomic mass is 16.3. The lowest BCUT2D eigenvalue weighted by atomic mass is 9.76. The molecule has 0 radical (unpaired) electrons. The smallest absolute Gasteiger partial charge is 0.101 e. The molecule has 1 N–H and O–H groups in total. The van der Waals surface area contributed by atoms with Crippen LogP contribution in [0.5, 0.6) is 0 Å². The fourth-order valence-corrected chi connectivity index (χ4v) is 2.87. The normalized spacial score (nSPS) is 21.8. The van der Waals surface area contributed by atoms with Crippen LogP contribution in [0.3, 0.4) is 0 Å². The summed E-state index contributed by atoms with van der Waals surface area (Å²) in [6.07, 6.45) is 7.27. The van der Waals surface area contributed by atoms with E-state index in [9.17, 15) is 5.11 Å². The van der Waals surface area contributed by atoms with Crippen molar-refractivity contribution in [3.8, 4) is 0 Å². The Bertz CT molecular complexity index is 326. The van der Waals surface area contributed by atoms with E-state index in [1.165, 1.54) is 12.8 Å². The Morgan fingerprint density at radius 2 is 2.20 bits per heavy atom. The highest BCUT2D eigenvalue weighted by Gasteiger charge is 2.40. The van der Waals surface area contributed by atoms with Gasteiger partial charge in [-0.15, -0.1) is 0 Å². The van der Waals surface area contributed by atoms with Gasteiger partial charge in [-0.25, -0.2) is 0 Å². The van der Waals surface area contributed by atoms with Gasteiger partial charge in [-0.1, -0.05) is 19.8 Å². The zero-order valence-corrected chi connectivity index (χ0v) is 9.61. The summed E-state index contributed by atoms with van der Waals surface area (Å²) >= 11 is 0. The van der Waals surface area contributed by atoms with Crippen molar-refractivity contribution < 1.29 is 5.11 Å². The third-order valence-electron chi connectivity index (χ3n) is 4.02. The molecule has 3 heteroatoms. The highest BCUT2D eigenvalue weighted by Crippen LogP contribution is 2.49. The second-order valence-electron chi connectivity index (χ2n) is 4.71. The predicted molar refractivity (Wildman–Crippen MR) is 59.4 cm³/mol. The van der Waals surface area contributed by atoms with Crippen molar-refractivity contribution in [2.45, 2.75) is 45.1 Å². The lowest BCUT2D eigenvalue weighted by Gasteiger charge is -2.33. The van der Waals surface area contributed by atoms with Crippen LogP contribution in [0.2, 0.25) is 0 Å². The fourth-order valence-electron chi connectivity index (χ4n) is 2.87. The molecule has 0 bridgehead atoms. The van der Waals surface area contributed by atoms with Crippen LogP contribution in [0.15, 0.2) is 12.3 Å². The lowest BCUT2D eigenvalue weighted by Crippen LogP contribution is -2.26. The molecule has 1 aromatic heterocycles. The number of hydrogen-bond acceptors (Lipinski definition) is 2. The fraction of sp³-hybridized carbons (Fsp3) is 0.750. The Labute approximate surface area is 91.1 Å². The van der Waals surface area contributed by atoms with Gasteiger partial charge in [-0.2, -0.15) is 5.10 Å². The van der Waals surface area contributed by atoms with Gasteiger partial charge >= 0.3 is 0 Å². The molecule has 1 saturated carbocycles. The van der Waals surface area contributed by atoms with E-state index in [0.29, 0.717) is 0 Å². The van der Waals surface area contributed by atoms with E-state index in [4.69, 9.17) is 0 Å². The van der Waals surface area contributed by atoms with E-state index in [1.807, 2.05) is 13.1 Å². The molecule has 2 rings (SSSR count). The molecule has 3 nitrogen and oxygen atoms in total. The van der Waals surface area contributed by atoms with Gasteiger partial charge < -0.3 is 5.11 Å². The van der Waals surface area contributed by atoms with Gasteiger partial charge in [-0.05, 0) is 25.3 Å². The second-order valence-corrected chi connectivity index (χ2v) is 4.71. The molecule has 0 saturated heterocycles. The molecule has 0 spiro atoms. The van der Waals surface area contributed by atoms with E-state index in [0.717, 1.165) is 25.0 Å². The SMILES string of the molecule is CCC1(C(O)c2ccnn2C)CCCC1. The first-order valence-electron chi connectivity index (χ1n) is 5.85. The topological polar surface area (TPSA) is 38.1 Å². The van der Waals surface area contributed by atoms with Gasteiger partial charge in [-0.3, -0.25) is 4.68 Å². The molecule has 1 atom stereocenters. The van der Waals surface area contributed by atoms with Crippen molar-refractivity contribution in [1.82, 2.24) is 9.78 Å². The molecule has 0 aromatic carbocycles. The molecule has 1 heterocycles. The maximum atomic E-state index is 10.5. The Balaban J connectivity index is 2.26. The first-order valence-corrected chi connectivity index (χ1v) is 5.85. The van der Waals surface area contributed by atoms with Crippen LogP contribution in [0.25, 0.3) is 0 Å². The van der Waals surface area contributed by atoms with Crippen molar-refractivity contribution >= 4 is 0 Å². The molecule has 1 unspecified atom stereocenters. The number of aromatic nitrogens is 2. The van der Waals surface area contributed by atoms with Crippen molar-refractivity contribution in [1.29, 1.82) is 0 Å². The molecule has 0 aliphatic heterocycles. The van der Waals surface area contributed by atoms with Crippen LogP contribution in [0, 0.1) is 5.41 Å². The van der Waals surface area contributed by atoms with Gasteiger partial charge in [0.25, 0.3) is 0 Å². The van der Waals surface area contributed by atoms with Gasteiger partial charge in [0.1, 0.15) is 6.10 Å². The minimum absolute atomic E-state index is 0.105. The molecule has 0 amide bonds. The minimum atomic E-state index is -0.350. The predicted octanol–water partition coefficient (Wildman–Crippen LogP) is 2.42. The number of hydrogen-bond donors (Lipinski definition) is 1. The Hall–Kier alpha value is -0.830. The van der Waals surface area contributed by atoms with Crippen LogP contribution in [0.1, 0.15) is 50.8 Å². The maximum absolute atomic E-state index is 10.5. The molecule has 15 heavy (non-hydrogen) atoms. The minimum Gasteiger partial charge on any atom is -0.386 e. The van der Waals surface area contributed by atoms with Crippen molar-refractivity contribution in [3.05, 3.63) is 18.0 Å². The van der Waals surface area contributed by atoms with Gasteiger partial charge in [0, 0.05) is 18.7 Å². The standard InChI is InChI=1S/C12H20N2O/c1-3-12(7-4-5-8-12)11(15)10-6-9-13-14(10)2/h6,9,11,15H,3-5,7-8H2,1-2H3. The van der Waals surface area contributed by atoms with Gasteiger partial charge in [0.2, 0.25) is 0 Å². The zero-order valence-electron chi connectivity index (χ0n) is 9.61. The second kappa shape index (κ2) is 3.97. The quantitative estimate of drug-likeness (QED) is 0.828. The van der Waals surface area contributed by atoms with E-state index in [2.05, 4.69) is 12.0 Å². The third kappa shape index (κ3) is 1.69. The third-order valence-corrected chi connectivity index (χ3v) is 4.02. The number of nitrogens with zero attached hydrogens (tertiary/aromatic N) is 2. The lowest BCUT2D eigenvalue weighted by molar-refractivity contribution is 0.0177. The molecular formula is C12H20N2O. The van der Waals surface area contributed by atoms with E-state index >= 15 is 0 Å². The van der Waals surface area contributed by atoms with Crippen LogP contribution in [-0.2, 0) is 7.05 Å². The average Bonchev–Trinajstić information content (AvgIpc) is 2.86. The highest BCUT2D eigenvalue weighted by molar-refractivity contribution is 5.09. The average molecular weight is 208 g/mol. The van der Waals surface area contributed by atoms with Crippen molar-refractivity contribution in [2.75, 3.05) is 0 Å². The van der Waals surface area contributed by atoms with Crippen LogP contribution < -0.4 is 0 Å². The summed E-state index contributed by atoms with van der Waals surface area (Å²) in [5.41, 5.74) is 1.06. The Morgan fingerprint density at radius 3 is 2.67 bits per heavy atom. The van der Waals surface area contributed by atoms with Crippen molar-refractivity contribution in [2.24, 2.45) is 12.5 Å². The van der Waals surface area contributed by atoms with E-state index in [1.54, 1.807) is 10.9 Å². The van der Waals surface area contributed by atoms with Gasteiger partial charge in [0.05, 0.1) is 5.69 Å². The largest absolute Gasteiger partial charge is 0.386 e.